The van der Waals surface area contributed by atoms with Crippen LogP contribution in [0.2, 0.25) is 5.02 Å². The molecule has 0 radical (unpaired) electrons. The number of methoxy groups -OCH3 is 1. The van der Waals surface area contributed by atoms with Crippen molar-refractivity contribution in [2.75, 3.05) is 21.2 Å². The van der Waals surface area contributed by atoms with Gasteiger partial charge in [0.25, 0.3) is 5.91 Å². The molecular formula is C15H20ClN3O2. The van der Waals surface area contributed by atoms with Crippen molar-refractivity contribution in [3.8, 4) is 5.75 Å². The zero-order chi connectivity index (χ0) is 16.0. The van der Waals surface area contributed by atoms with Gasteiger partial charge in [0.05, 0.1) is 12.1 Å². The monoisotopic (exact) mass is 309 g/mol. The van der Waals surface area contributed by atoms with Crippen molar-refractivity contribution < 1.29 is 9.53 Å². The number of rotatable bonds is 7. The molecule has 1 aromatic rings. The van der Waals surface area contributed by atoms with E-state index in [9.17, 15) is 4.79 Å². The van der Waals surface area contributed by atoms with E-state index in [1.807, 2.05) is 0 Å². The third-order valence-electron chi connectivity index (χ3n) is 3.16. The van der Waals surface area contributed by atoms with Crippen LogP contribution in [0, 0.1) is 16.7 Å². The summed E-state index contributed by atoms with van der Waals surface area (Å²) in [5.41, 5.74) is 1.30. The zero-order valence-electron chi connectivity index (χ0n) is 12.4. The standard InChI is InChI=1S/C15H20ClN3O2/c1-19(2)15(20)12-6-11(5-4-10(8-17)9-18)14(16)13(7-12)21-3/h6-10,17-18H,4-5H2,1-3H3. The highest BCUT2D eigenvalue weighted by molar-refractivity contribution is 6.33. The number of aryl methyl sites for hydroxylation is 1. The van der Waals surface area contributed by atoms with Crippen LogP contribution in [0.15, 0.2) is 12.1 Å². The van der Waals surface area contributed by atoms with Crippen molar-refractivity contribution in [2.45, 2.75) is 12.8 Å². The molecular weight excluding hydrogens is 290 g/mol. The van der Waals surface area contributed by atoms with Crippen molar-refractivity contribution in [3.05, 3.63) is 28.3 Å². The molecule has 2 N–H and O–H groups in total. The molecule has 5 nitrogen and oxygen atoms in total. The van der Waals surface area contributed by atoms with E-state index in [1.54, 1.807) is 26.2 Å². The van der Waals surface area contributed by atoms with Crippen molar-refractivity contribution >= 4 is 29.9 Å². The van der Waals surface area contributed by atoms with Gasteiger partial charge in [-0.2, -0.15) is 0 Å². The molecule has 0 spiro atoms. The van der Waals surface area contributed by atoms with Crippen LogP contribution in [0.1, 0.15) is 22.3 Å². The first-order valence-electron chi connectivity index (χ1n) is 6.53. The van der Waals surface area contributed by atoms with Crippen molar-refractivity contribution in [1.82, 2.24) is 4.90 Å². The summed E-state index contributed by atoms with van der Waals surface area (Å²) >= 11 is 6.27. The zero-order valence-corrected chi connectivity index (χ0v) is 13.2. The van der Waals surface area contributed by atoms with Crippen molar-refractivity contribution in [2.24, 2.45) is 5.92 Å². The quantitative estimate of drug-likeness (QED) is 0.760. The number of benzene rings is 1. The molecule has 0 fully saturated rings. The fraction of sp³-hybridized carbons (Fsp3) is 0.400. The lowest BCUT2D eigenvalue weighted by molar-refractivity contribution is 0.0827. The summed E-state index contributed by atoms with van der Waals surface area (Å²) in [6.45, 7) is 0. The number of nitrogens with zero attached hydrogens (tertiary/aromatic N) is 1. The number of halogens is 1. The number of hydrogen-bond donors (Lipinski definition) is 2. The van der Waals surface area contributed by atoms with Crippen LogP contribution in [0.5, 0.6) is 5.75 Å². The highest BCUT2D eigenvalue weighted by atomic mass is 35.5. The first-order valence-corrected chi connectivity index (χ1v) is 6.91. The number of carbonyl (C=O) groups is 1. The third kappa shape index (κ3) is 4.29. The topological polar surface area (TPSA) is 77.2 Å². The molecule has 1 rings (SSSR count). The lowest BCUT2D eigenvalue weighted by Gasteiger charge is -2.15. The van der Waals surface area contributed by atoms with Crippen LogP contribution < -0.4 is 4.74 Å². The maximum absolute atomic E-state index is 12.1. The number of ether oxygens (including phenoxy) is 1. The first kappa shape index (κ1) is 17.2. The normalized spacial score (nSPS) is 11.6. The molecule has 6 heteroatoms. The summed E-state index contributed by atoms with van der Waals surface area (Å²) in [5.74, 6) is 0.114. The van der Waals surface area contributed by atoms with Crippen LogP contribution in [-0.2, 0) is 6.42 Å². The number of carbonyl (C=O) groups excluding carboxylic acids is 1. The van der Waals surface area contributed by atoms with E-state index in [0.717, 1.165) is 5.56 Å². The minimum absolute atomic E-state index is 0.123. The maximum Gasteiger partial charge on any atom is 0.253 e. The van der Waals surface area contributed by atoms with Crippen LogP contribution in [-0.4, -0.2) is 44.4 Å². The van der Waals surface area contributed by atoms with Crippen molar-refractivity contribution in [1.29, 1.82) is 10.8 Å². The molecule has 0 unspecified atom stereocenters. The molecule has 0 aromatic heterocycles. The average molecular weight is 310 g/mol. The smallest absolute Gasteiger partial charge is 0.253 e. The second-order valence-electron chi connectivity index (χ2n) is 4.89. The summed E-state index contributed by atoms with van der Waals surface area (Å²) in [7, 11) is 4.87. The van der Waals surface area contributed by atoms with Gasteiger partial charge in [0.2, 0.25) is 0 Å². The Labute approximate surface area is 129 Å². The molecule has 114 valence electrons. The predicted octanol–water partition coefficient (Wildman–Crippen LogP) is 2.90. The van der Waals surface area contributed by atoms with E-state index in [1.165, 1.54) is 24.4 Å². The van der Waals surface area contributed by atoms with Gasteiger partial charge < -0.3 is 20.5 Å². The average Bonchev–Trinajstić information content (AvgIpc) is 2.48. The highest BCUT2D eigenvalue weighted by Crippen LogP contribution is 2.31. The molecule has 0 heterocycles. The van der Waals surface area contributed by atoms with Crippen LogP contribution in [0.25, 0.3) is 0 Å². The maximum atomic E-state index is 12.1. The summed E-state index contributed by atoms with van der Waals surface area (Å²) < 4.78 is 5.22. The molecule has 0 atom stereocenters. The van der Waals surface area contributed by atoms with E-state index in [2.05, 4.69) is 0 Å². The minimum atomic E-state index is -0.222. The number of nitrogens with one attached hydrogen (secondary N) is 2. The van der Waals surface area contributed by atoms with Gasteiger partial charge in [-0.25, -0.2) is 0 Å². The van der Waals surface area contributed by atoms with Crippen LogP contribution >= 0.6 is 11.6 Å². The molecule has 1 amide bonds. The van der Waals surface area contributed by atoms with E-state index < -0.39 is 0 Å². The molecule has 1 aromatic carbocycles. The van der Waals surface area contributed by atoms with Crippen molar-refractivity contribution in [3.63, 3.8) is 0 Å². The van der Waals surface area contributed by atoms with E-state index >= 15 is 0 Å². The van der Waals surface area contributed by atoms with Gasteiger partial charge in [0.1, 0.15) is 5.75 Å². The first-order chi connectivity index (χ1) is 9.94. The lowest BCUT2D eigenvalue weighted by atomic mass is 9.99. The number of amides is 1. The van der Waals surface area contributed by atoms with Gasteiger partial charge in [-0.05, 0) is 30.5 Å². The van der Waals surface area contributed by atoms with E-state index in [-0.39, 0.29) is 11.8 Å². The predicted molar refractivity (Wildman–Crippen MR) is 85.4 cm³/mol. The highest BCUT2D eigenvalue weighted by Gasteiger charge is 2.16. The Kier molecular flexibility index (Phi) is 6.37. The van der Waals surface area contributed by atoms with Gasteiger partial charge in [0, 0.05) is 38.0 Å². The fourth-order valence-electron chi connectivity index (χ4n) is 1.90. The summed E-state index contributed by atoms with van der Waals surface area (Å²) in [5, 5.41) is 14.9. The fourth-order valence-corrected chi connectivity index (χ4v) is 2.19. The molecule has 21 heavy (non-hydrogen) atoms. The Morgan fingerprint density at radius 3 is 2.48 bits per heavy atom. The Balaban J connectivity index is 3.12. The van der Waals surface area contributed by atoms with Crippen LogP contribution in [0.3, 0.4) is 0 Å². The minimum Gasteiger partial charge on any atom is -0.495 e. The van der Waals surface area contributed by atoms with Gasteiger partial charge >= 0.3 is 0 Å². The molecule has 0 bridgehead atoms. The molecule has 0 saturated heterocycles. The second-order valence-corrected chi connectivity index (χ2v) is 5.27. The summed E-state index contributed by atoms with van der Waals surface area (Å²) in [4.78, 5) is 13.6. The Bertz CT molecular complexity index is 536. The molecule has 0 aliphatic heterocycles. The number of hydrogen-bond acceptors (Lipinski definition) is 4. The van der Waals surface area contributed by atoms with Gasteiger partial charge in [0.15, 0.2) is 0 Å². The largest absolute Gasteiger partial charge is 0.495 e. The summed E-state index contributed by atoms with van der Waals surface area (Å²) in [6.07, 6.45) is 3.62. The lowest BCUT2D eigenvalue weighted by Crippen LogP contribution is -2.22. The molecule has 0 saturated carbocycles. The Hall–Kier alpha value is -1.88. The SMILES string of the molecule is COc1cc(C(=O)N(C)C)cc(CCC(C=N)C=N)c1Cl. The Morgan fingerprint density at radius 2 is 2.00 bits per heavy atom. The molecule has 0 aliphatic rings. The van der Waals surface area contributed by atoms with Crippen LogP contribution in [0.4, 0.5) is 0 Å². The van der Waals surface area contributed by atoms with Gasteiger partial charge in [-0.15, -0.1) is 0 Å². The molecule has 0 aliphatic carbocycles. The van der Waals surface area contributed by atoms with Gasteiger partial charge in [-0.1, -0.05) is 11.6 Å². The van der Waals surface area contributed by atoms with E-state index in [4.69, 9.17) is 27.2 Å². The van der Waals surface area contributed by atoms with Gasteiger partial charge in [-0.3, -0.25) is 4.79 Å². The summed E-state index contributed by atoms with van der Waals surface area (Å²) in [6, 6.07) is 3.37. The third-order valence-corrected chi connectivity index (χ3v) is 3.59. The second kappa shape index (κ2) is 7.78. The van der Waals surface area contributed by atoms with E-state index in [0.29, 0.717) is 29.2 Å². The Morgan fingerprint density at radius 1 is 1.38 bits per heavy atom.